The number of halogens is 3. The molecule has 2 N–H and O–H groups in total. The van der Waals surface area contributed by atoms with Gasteiger partial charge in [0, 0.05) is 6.07 Å². The highest BCUT2D eigenvalue weighted by Crippen LogP contribution is 2.26. The summed E-state index contributed by atoms with van der Waals surface area (Å²) in [7, 11) is 0. The summed E-state index contributed by atoms with van der Waals surface area (Å²) in [6, 6.07) is 0.440. The van der Waals surface area contributed by atoms with Gasteiger partial charge in [-0.05, 0) is 6.54 Å². The van der Waals surface area contributed by atoms with Gasteiger partial charge in [0.25, 0.3) is 5.56 Å². The summed E-state index contributed by atoms with van der Waals surface area (Å²) < 4.78 is 36.7. The number of nitrogens with one attached hydrogen (secondary N) is 2. The molecule has 0 spiro atoms. The van der Waals surface area contributed by atoms with E-state index in [0.29, 0.717) is 12.6 Å². The van der Waals surface area contributed by atoms with E-state index >= 15 is 0 Å². The Morgan fingerprint density at radius 2 is 2.20 bits per heavy atom. The molecule has 1 rings (SSSR count). The van der Waals surface area contributed by atoms with Crippen LogP contribution in [0, 0.1) is 0 Å². The van der Waals surface area contributed by atoms with Crippen molar-refractivity contribution in [2.45, 2.75) is 19.6 Å². The third-order valence-corrected chi connectivity index (χ3v) is 1.62. The standard InChI is InChI=1S/C8H10F3N3O/c1-2-12-4-6-13-5(8(9,10)11)3-7(15)14-6/h3,12H,2,4H2,1H3,(H,13,14,15). The lowest BCUT2D eigenvalue weighted by atomic mass is 10.4. The van der Waals surface area contributed by atoms with Crippen LogP contribution in [0.15, 0.2) is 10.9 Å². The minimum absolute atomic E-state index is 0.0170. The van der Waals surface area contributed by atoms with Crippen LogP contribution in [0.4, 0.5) is 13.2 Å². The van der Waals surface area contributed by atoms with Crippen LogP contribution in [0.5, 0.6) is 0 Å². The van der Waals surface area contributed by atoms with Crippen molar-refractivity contribution >= 4 is 0 Å². The van der Waals surface area contributed by atoms with Crippen molar-refractivity contribution in [1.29, 1.82) is 0 Å². The lowest BCUT2D eigenvalue weighted by molar-refractivity contribution is -0.141. The van der Waals surface area contributed by atoms with Crippen LogP contribution < -0.4 is 10.9 Å². The van der Waals surface area contributed by atoms with Gasteiger partial charge >= 0.3 is 6.18 Å². The van der Waals surface area contributed by atoms with E-state index in [-0.39, 0.29) is 12.4 Å². The quantitative estimate of drug-likeness (QED) is 0.797. The molecule has 15 heavy (non-hydrogen) atoms. The molecule has 0 aliphatic heterocycles. The van der Waals surface area contributed by atoms with Crippen molar-refractivity contribution in [2.75, 3.05) is 6.54 Å². The lowest BCUT2D eigenvalue weighted by Crippen LogP contribution is -2.22. The van der Waals surface area contributed by atoms with Gasteiger partial charge in [-0.3, -0.25) is 4.79 Å². The summed E-state index contributed by atoms with van der Waals surface area (Å²) in [4.78, 5) is 16.4. The number of rotatable bonds is 3. The van der Waals surface area contributed by atoms with Gasteiger partial charge in [0.2, 0.25) is 0 Å². The predicted molar refractivity (Wildman–Crippen MR) is 47.2 cm³/mol. The van der Waals surface area contributed by atoms with Crippen LogP contribution in [-0.2, 0) is 12.7 Å². The Labute approximate surface area is 83.5 Å². The number of aromatic nitrogens is 2. The number of aromatic amines is 1. The van der Waals surface area contributed by atoms with Crippen molar-refractivity contribution < 1.29 is 13.2 Å². The minimum Gasteiger partial charge on any atom is -0.310 e. The van der Waals surface area contributed by atoms with Crippen molar-refractivity contribution in [3.8, 4) is 0 Å². The van der Waals surface area contributed by atoms with E-state index in [9.17, 15) is 18.0 Å². The van der Waals surface area contributed by atoms with Crippen LogP contribution in [0.2, 0.25) is 0 Å². The second-order valence-corrected chi connectivity index (χ2v) is 2.86. The molecule has 1 heterocycles. The van der Waals surface area contributed by atoms with E-state index in [1.54, 1.807) is 6.92 Å². The number of alkyl halides is 3. The smallest absolute Gasteiger partial charge is 0.310 e. The van der Waals surface area contributed by atoms with Gasteiger partial charge in [0.1, 0.15) is 5.82 Å². The summed E-state index contributed by atoms with van der Waals surface area (Å²) in [5.41, 5.74) is -1.97. The highest BCUT2D eigenvalue weighted by atomic mass is 19.4. The Bertz CT molecular complexity index is 385. The molecule has 0 amide bonds. The average Bonchev–Trinajstić information content (AvgIpc) is 2.12. The first kappa shape index (κ1) is 11.7. The average molecular weight is 221 g/mol. The highest BCUT2D eigenvalue weighted by Gasteiger charge is 2.33. The molecule has 84 valence electrons. The number of H-pyrrole nitrogens is 1. The molecular weight excluding hydrogens is 211 g/mol. The molecule has 0 fully saturated rings. The zero-order valence-electron chi connectivity index (χ0n) is 7.98. The summed E-state index contributed by atoms with van der Waals surface area (Å²) in [6.07, 6.45) is -4.59. The number of hydrogen-bond acceptors (Lipinski definition) is 3. The molecule has 0 radical (unpaired) electrons. The summed E-state index contributed by atoms with van der Waals surface area (Å²) in [6.45, 7) is 2.49. The molecule has 0 saturated carbocycles. The van der Waals surface area contributed by atoms with E-state index in [0.717, 1.165) is 0 Å². The van der Waals surface area contributed by atoms with Gasteiger partial charge in [0.15, 0.2) is 5.69 Å². The maximum Gasteiger partial charge on any atom is 0.433 e. The Morgan fingerprint density at radius 3 is 2.73 bits per heavy atom. The first-order valence-corrected chi connectivity index (χ1v) is 4.31. The van der Waals surface area contributed by atoms with Crippen LogP contribution >= 0.6 is 0 Å². The molecule has 0 aliphatic rings. The molecule has 0 unspecified atom stereocenters. The first-order valence-electron chi connectivity index (χ1n) is 4.31. The zero-order chi connectivity index (χ0) is 11.5. The topological polar surface area (TPSA) is 57.8 Å². The molecule has 0 atom stereocenters. The summed E-state index contributed by atoms with van der Waals surface area (Å²) in [5.74, 6) is -0.0170. The van der Waals surface area contributed by atoms with Crippen molar-refractivity contribution in [3.63, 3.8) is 0 Å². The lowest BCUT2D eigenvalue weighted by Gasteiger charge is -2.07. The van der Waals surface area contributed by atoms with Crippen LogP contribution in [0.3, 0.4) is 0 Å². The third-order valence-electron chi connectivity index (χ3n) is 1.62. The van der Waals surface area contributed by atoms with Gasteiger partial charge in [-0.25, -0.2) is 4.98 Å². The van der Waals surface area contributed by atoms with E-state index < -0.39 is 17.4 Å². The van der Waals surface area contributed by atoms with Gasteiger partial charge in [-0.1, -0.05) is 6.92 Å². The van der Waals surface area contributed by atoms with E-state index in [4.69, 9.17) is 0 Å². The Balaban J connectivity index is 3.01. The molecular formula is C8H10F3N3O. The predicted octanol–water partition coefficient (Wildman–Crippen LogP) is 0.898. The molecule has 1 aromatic heterocycles. The van der Waals surface area contributed by atoms with Gasteiger partial charge in [0.05, 0.1) is 6.54 Å². The van der Waals surface area contributed by atoms with Gasteiger partial charge in [-0.15, -0.1) is 0 Å². The van der Waals surface area contributed by atoms with Crippen LogP contribution in [0.1, 0.15) is 18.4 Å². The largest absolute Gasteiger partial charge is 0.433 e. The SMILES string of the molecule is CCNCc1nc(C(F)(F)F)cc(=O)[nH]1. The second-order valence-electron chi connectivity index (χ2n) is 2.86. The Morgan fingerprint density at radius 1 is 1.53 bits per heavy atom. The molecule has 4 nitrogen and oxygen atoms in total. The Kier molecular flexibility index (Phi) is 3.46. The fraction of sp³-hybridized carbons (Fsp3) is 0.500. The molecule has 0 aliphatic carbocycles. The minimum atomic E-state index is -4.59. The maximum absolute atomic E-state index is 12.2. The molecule has 1 aromatic rings. The first-order chi connectivity index (χ1) is 6.93. The molecule has 0 aromatic carbocycles. The van der Waals surface area contributed by atoms with E-state index in [2.05, 4.69) is 15.3 Å². The van der Waals surface area contributed by atoms with Crippen molar-refractivity contribution in [1.82, 2.24) is 15.3 Å². The Hall–Kier alpha value is -1.37. The highest BCUT2D eigenvalue weighted by molar-refractivity contribution is 5.06. The number of nitrogens with zero attached hydrogens (tertiary/aromatic N) is 1. The molecule has 0 bridgehead atoms. The van der Waals surface area contributed by atoms with Gasteiger partial charge < -0.3 is 10.3 Å². The summed E-state index contributed by atoms with van der Waals surface area (Å²) in [5, 5.41) is 2.77. The molecule has 0 saturated heterocycles. The summed E-state index contributed by atoms with van der Waals surface area (Å²) >= 11 is 0. The molecule has 7 heteroatoms. The maximum atomic E-state index is 12.2. The van der Waals surface area contributed by atoms with E-state index in [1.165, 1.54) is 0 Å². The fourth-order valence-electron chi connectivity index (χ4n) is 0.980. The van der Waals surface area contributed by atoms with E-state index in [1.807, 2.05) is 0 Å². The monoisotopic (exact) mass is 221 g/mol. The zero-order valence-corrected chi connectivity index (χ0v) is 7.98. The van der Waals surface area contributed by atoms with Gasteiger partial charge in [-0.2, -0.15) is 13.2 Å². The van der Waals surface area contributed by atoms with Crippen LogP contribution in [-0.4, -0.2) is 16.5 Å². The normalized spacial score (nSPS) is 11.7. The van der Waals surface area contributed by atoms with Crippen molar-refractivity contribution in [3.05, 3.63) is 27.9 Å². The van der Waals surface area contributed by atoms with Crippen molar-refractivity contribution in [2.24, 2.45) is 0 Å². The number of hydrogen-bond donors (Lipinski definition) is 2. The second kappa shape index (κ2) is 4.43. The third kappa shape index (κ3) is 3.35. The fourth-order valence-corrected chi connectivity index (χ4v) is 0.980. The van der Waals surface area contributed by atoms with Crippen LogP contribution in [0.25, 0.3) is 0 Å².